The molecule has 0 atom stereocenters. The Morgan fingerprint density at radius 3 is 0.698 bits per heavy atom. The van der Waals surface area contributed by atoms with E-state index in [0.717, 1.165) is 51.9 Å². The summed E-state index contributed by atoms with van der Waals surface area (Å²) in [7, 11) is 0. The van der Waals surface area contributed by atoms with Crippen molar-refractivity contribution in [3.63, 3.8) is 0 Å². The van der Waals surface area contributed by atoms with Gasteiger partial charge in [0.2, 0.25) is 0 Å². The van der Waals surface area contributed by atoms with Gasteiger partial charge in [-0.25, -0.2) is 0 Å². The molecule has 0 fully saturated rings. The number of ether oxygens (including phenoxy) is 3. The maximum Gasteiger partial charge on any atom is 0.282 e. The zero-order valence-corrected chi connectivity index (χ0v) is 38.7. The molecule has 0 heterocycles. The molecule has 0 rings (SSSR count). The predicted octanol–water partition coefficient (Wildman–Crippen LogP) is 17.7. The molecule has 0 bridgehead atoms. The molecule has 0 aliphatic carbocycles. The van der Waals surface area contributed by atoms with Gasteiger partial charge < -0.3 is 14.2 Å². The summed E-state index contributed by atoms with van der Waals surface area (Å²) in [6.45, 7) is 25.8. The quantitative estimate of drug-likeness (QED) is 0.0462. The molecule has 0 aromatic carbocycles. The number of hydrogen-bond donors (Lipinski definition) is 0. The van der Waals surface area contributed by atoms with Crippen LogP contribution < -0.4 is 0 Å². The third-order valence-electron chi connectivity index (χ3n) is 11.0. The summed E-state index contributed by atoms with van der Waals surface area (Å²) in [6.07, 6.45) is 42.9. The molecular weight excluding hydrogens is 649 g/mol. The van der Waals surface area contributed by atoms with Crippen LogP contribution in [0.25, 0.3) is 0 Å². The summed E-state index contributed by atoms with van der Waals surface area (Å²) >= 11 is 0. The third-order valence-corrected chi connectivity index (χ3v) is 11.0. The van der Waals surface area contributed by atoms with Gasteiger partial charge in [0.25, 0.3) is 5.97 Å². The van der Waals surface area contributed by atoms with Gasteiger partial charge in [-0.3, -0.25) is 0 Å². The molecule has 0 saturated heterocycles. The Kier molecular flexibility index (Phi) is 33.9. The van der Waals surface area contributed by atoms with Crippen molar-refractivity contribution in [2.24, 2.45) is 16.2 Å². The van der Waals surface area contributed by atoms with E-state index in [4.69, 9.17) is 14.2 Å². The highest BCUT2D eigenvalue weighted by atomic mass is 16.9. The highest BCUT2D eigenvalue weighted by molar-refractivity contribution is 4.65. The molecule has 0 radical (unpaired) electrons. The van der Waals surface area contributed by atoms with E-state index in [1.54, 1.807) is 0 Å². The first-order valence-corrected chi connectivity index (χ1v) is 24.1. The highest BCUT2D eigenvalue weighted by Gasteiger charge is 2.33. The standard InChI is InChI=1S/C50H102O3/c1-11-12-13-14-15-22-29-36-43-50(51-44-37-30-23-16-19-26-33-40-47(2,3)4,52-45-38-31-24-17-20-27-34-41-48(5,6)7)53-46-39-32-25-18-21-28-35-42-49(8,9)10/h11-46H2,1-10H3. The molecule has 0 aliphatic rings. The second-order valence-corrected chi connectivity index (χ2v) is 20.8. The molecule has 0 spiro atoms. The van der Waals surface area contributed by atoms with Crippen LogP contribution in [0.3, 0.4) is 0 Å². The molecule has 0 amide bonds. The Morgan fingerprint density at radius 2 is 0.453 bits per heavy atom. The van der Waals surface area contributed by atoms with Crippen LogP contribution in [0.1, 0.15) is 281 Å². The fraction of sp³-hybridized carbons (Fsp3) is 1.00. The Hall–Kier alpha value is -0.120. The van der Waals surface area contributed by atoms with E-state index in [1.165, 1.54) is 180 Å². The topological polar surface area (TPSA) is 27.7 Å². The molecule has 3 heteroatoms. The van der Waals surface area contributed by atoms with Crippen LogP contribution in [0.5, 0.6) is 0 Å². The second-order valence-electron chi connectivity index (χ2n) is 20.8. The first kappa shape index (κ1) is 52.9. The van der Waals surface area contributed by atoms with E-state index in [0.29, 0.717) is 16.2 Å². The van der Waals surface area contributed by atoms with Gasteiger partial charge in [0.1, 0.15) is 0 Å². The van der Waals surface area contributed by atoms with Crippen molar-refractivity contribution in [1.29, 1.82) is 0 Å². The average Bonchev–Trinajstić information content (AvgIpc) is 3.07. The van der Waals surface area contributed by atoms with Gasteiger partial charge in [-0.05, 0) is 61.2 Å². The summed E-state index contributed by atoms with van der Waals surface area (Å²) in [6, 6.07) is 0. The van der Waals surface area contributed by atoms with E-state index in [1.807, 2.05) is 0 Å². The summed E-state index contributed by atoms with van der Waals surface area (Å²) in [4.78, 5) is 0. The van der Waals surface area contributed by atoms with Crippen LogP contribution in [0.4, 0.5) is 0 Å². The third kappa shape index (κ3) is 41.3. The van der Waals surface area contributed by atoms with E-state index in [9.17, 15) is 0 Å². The first-order chi connectivity index (χ1) is 25.2. The van der Waals surface area contributed by atoms with Crippen LogP contribution in [-0.2, 0) is 14.2 Å². The highest BCUT2D eigenvalue weighted by Crippen LogP contribution is 2.28. The van der Waals surface area contributed by atoms with Crippen molar-refractivity contribution < 1.29 is 14.2 Å². The van der Waals surface area contributed by atoms with Gasteiger partial charge in [-0.15, -0.1) is 0 Å². The zero-order valence-electron chi connectivity index (χ0n) is 38.7. The summed E-state index contributed by atoms with van der Waals surface area (Å²) in [5.41, 5.74) is 1.42. The lowest BCUT2D eigenvalue weighted by Crippen LogP contribution is -2.40. The first-order valence-electron chi connectivity index (χ1n) is 24.1. The van der Waals surface area contributed by atoms with Crippen molar-refractivity contribution in [2.75, 3.05) is 19.8 Å². The Bertz CT molecular complexity index is 656. The lowest BCUT2D eigenvalue weighted by atomic mass is 9.89. The molecule has 3 nitrogen and oxygen atoms in total. The van der Waals surface area contributed by atoms with Crippen molar-refractivity contribution in [3.8, 4) is 0 Å². The maximum atomic E-state index is 6.73. The largest absolute Gasteiger partial charge is 0.327 e. The molecule has 0 unspecified atom stereocenters. The van der Waals surface area contributed by atoms with Gasteiger partial charge in [-0.2, -0.15) is 0 Å². The van der Waals surface area contributed by atoms with Crippen LogP contribution in [0, 0.1) is 16.2 Å². The molecular formula is C50H102O3. The lowest BCUT2D eigenvalue weighted by Gasteiger charge is -2.34. The van der Waals surface area contributed by atoms with E-state index in [2.05, 4.69) is 69.2 Å². The Labute approximate surface area is 336 Å². The van der Waals surface area contributed by atoms with Crippen molar-refractivity contribution in [1.82, 2.24) is 0 Å². The molecule has 0 aromatic rings. The molecule has 0 aromatic heterocycles. The van der Waals surface area contributed by atoms with Crippen LogP contribution in [0.15, 0.2) is 0 Å². The summed E-state index contributed by atoms with van der Waals surface area (Å²) in [5, 5.41) is 0. The van der Waals surface area contributed by atoms with E-state index in [-0.39, 0.29) is 0 Å². The van der Waals surface area contributed by atoms with Crippen molar-refractivity contribution in [2.45, 2.75) is 287 Å². The smallest absolute Gasteiger partial charge is 0.282 e. The van der Waals surface area contributed by atoms with Crippen LogP contribution in [0.2, 0.25) is 0 Å². The predicted molar refractivity (Wildman–Crippen MR) is 237 cm³/mol. The van der Waals surface area contributed by atoms with E-state index >= 15 is 0 Å². The molecule has 0 aliphatic heterocycles. The molecule has 0 N–H and O–H groups in total. The molecule has 53 heavy (non-hydrogen) atoms. The number of unbranched alkanes of at least 4 members (excludes halogenated alkanes) is 25. The van der Waals surface area contributed by atoms with Gasteiger partial charge in [-0.1, -0.05) is 230 Å². The van der Waals surface area contributed by atoms with Crippen LogP contribution >= 0.6 is 0 Å². The van der Waals surface area contributed by atoms with Gasteiger partial charge in [0.05, 0.1) is 19.8 Å². The minimum atomic E-state index is -0.852. The molecule has 320 valence electrons. The minimum Gasteiger partial charge on any atom is -0.327 e. The zero-order chi connectivity index (χ0) is 39.6. The fourth-order valence-corrected chi connectivity index (χ4v) is 7.42. The summed E-state index contributed by atoms with van der Waals surface area (Å²) < 4.78 is 20.2. The second kappa shape index (κ2) is 34.0. The Balaban J connectivity index is 4.95. The number of rotatable bonds is 39. The van der Waals surface area contributed by atoms with Gasteiger partial charge in [0.15, 0.2) is 0 Å². The molecule has 0 saturated carbocycles. The monoisotopic (exact) mass is 751 g/mol. The lowest BCUT2D eigenvalue weighted by molar-refractivity contribution is -0.384. The number of hydrogen-bond acceptors (Lipinski definition) is 3. The normalized spacial score (nSPS) is 13.0. The average molecular weight is 751 g/mol. The maximum absolute atomic E-state index is 6.73. The summed E-state index contributed by atoms with van der Waals surface area (Å²) in [5.74, 6) is -0.852. The fourth-order valence-electron chi connectivity index (χ4n) is 7.42. The Morgan fingerprint density at radius 1 is 0.245 bits per heavy atom. The van der Waals surface area contributed by atoms with Crippen molar-refractivity contribution in [3.05, 3.63) is 0 Å². The minimum absolute atomic E-state index is 0.472. The van der Waals surface area contributed by atoms with Gasteiger partial charge >= 0.3 is 0 Å². The van der Waals surface area contributed by atoms with Crippen LogP contribution in [-0.4, -0.2) is 25.8 Å². The SMILES string of the molecule is CCCCCCCCCCC(OCCCCCCCCCC(C)(C)C)(OCCCCCCCCCC(C)(C)C)OCCCCCCCCCC(C)(C)C. The van der Waals surface area contributed by atoms with E-state index < -0.39 is 5.97 Å². The van der Waals surface area contributed by atoms with Crippen molar-refractivity contribution >= 4 is 0 Å². The van der Waals surface area contributed by atoms with Gasteiger partial charge in [0, 0.05) is 6.42 Å².